The average Bonchev–Trinajstić information content (AvgIpc) is 2.76. The number of rotatable bonds is 3. The fourth-order valence-electron chi connectivity index (χ4n) is 3.17. The Bertz CT molecular complexity index is 548. The molecule has 108 valence electrons. The van der Waals surface area contributed by atoms with E-state index in [-0.39, 0.29) is 11.5 Å². The molecule has 0 radical (unpaired) electrons. The van der Waals surface area contributed by atoms with Crippen LogP contribution in [0.3, 0.4) is 0 Å². The van der Waals surface area contributed by atoms with Gasteiger partial charge in [0, 0.05) is 18.5 Å². The first-order valence-electron chi connectivity index (χ1n) is 6.67. The maximum atomic E-state index is 11.5. The SMILES string of the molecule is CNC1C(n2cc(S(C)(=O)=O)cn2)CCCC1(C)C. The molecule has 6 heteroatoms. The van der Waals surface area contributed by atoms with Gasteiger partial charge < -0.3 is 5.32 Å². The molecule has 1 aliphatic carbocycles. The van der Waals surface area contributed by atoms with E-state index in [4.69, 9.17) is 0 Å². The molecule has 5 nitrogen and oxygen atoms in total. The molecule has 0 spiro atoms. The van der Waals surface area contributed by atoms with E-state index in [9.17, 15) is 8.42 Å². The van der Waals surface area contributed by atoms with Gasteiger partial charge in [-0.15, -0.1) is 0 Å². The van der Waals surface area contributed by atoms with Crippen LogP contribution in [0.5, 0.6) is 0 Å². The molecule has 1 heterocycles. The quantitative estimate of drug-likeness (QED) is 0.916. The van der Waals surface area contributed by atoms with Crippen molar-refractivity contribution in [2.24, 2.45) is 5.41 Å². The summed E-state index contributed by atoms with van der Waals surface area (Å²) in [5.74, 6) is 0. The summed E-state index contributed by atoms with van der Waals surface area (Å²) in [4.78, 5) is 0.297. The van der Waals surface area contributed by atoms with Crippen LogP contribution in [0.4, 0.5) is 0 Å². The molecule has 2 atom stereocenters. The summed E-state index contributed by atoms with van der Waals surface area (Å²) in [6, 6.07) is 0.512. The molecule has 0 saturated heterocycles. The zero-order chi connectivity index (χ0) is 14.3. The molecule has 1 aliphatic rings. The second kappa shape index (κ2) is 4.90. The molecule has 0 aliphatic heterocycles. The van der Waals surface area contributed by atoms with Crippen molar-refractivity contribution in [1.29, 1.82) is 0 Å². The zero-order valence-corrected chi connectivity index (χ0v) is 12.9. The lowest BCUT2D eigenvalue weighted by Gasteiger charge is -2.43. The summed E-state index contributed by atoms with van der Waals surface area (Å²) < 4.78 is 24.9. The maximum Gasteiger partial charge on any atom is 0.178 e. The van der Waals surface area contributed by atoms with Crippen LogP contribution in [0.15, 0.2) is 17.3 Å². The van der Waals surface area contributed by atoms with Gasteiger partial charge in [-0.05, 0) is 25.3 Å². The van der Waals surface area contributed by atoms with E-state index >= 15 is 0 Å². The molecule has 1 N–H and O–H groups in total. The standard InChI is InChI=1S/C13H23N3O2S/c1-13(2)7-5-6-11(12(13)14-3)16-9-10(8-15-16)19(4,17)18/h8-9,11-12,14H,5-7H2,1-4H3. The third kappa shape index (κ3) is 2.84. The predicted octanol–water partition coefficient (Wildman–Crippen LogP) is 1.63. The van der Waals surface area contributed by atoms with Crippen molar-refractivity contribution >= 4 is 9.84 Å². The van der Waals surface area contributed by atoms with E-state index in [0.29, 0.717) is 10.9 Å². The van der Waals surface area contributed by atoms with Gasteiger partial charge in [0.25, 0.3) is 0 Å². The van der Waals surface area contributed by atoms with Crippen LogP contribution >= 0.6 is 0 Å². The third-order valence-corrected chi connectivity index (χ3v) is 5.27. The Hall–Kier alpha value is -0.880. The van der Waals surface area contributed by atoms with Crippen LogP contribution < -0.4 is 5.32 Å². The molecule has 19 heavy (non-hydrogen) atoms. The molecule has 1 saturated carbocycles. The normalized spacial score (nSPS) is 27.4. The number of hydrogen-bond donors (Lipinski definition) is 1. The molecule has 1 aromatic rings. The summed E-state index contributed by atoms with van der Waals surface area (Å²) >= 11 is 0. The summed E-state index contributed by atoms with van der Waals surface area (Å²) in [6.45, 7) is 4.50. The highest BCUT2D eigenvalue weighted by Gasteiger charge is 2.39. The first-order chi connectivity index (χ1) is 8.75. The van der Waals surface area contributed by atoms with E-state index in [2.05, 4.69) is 24.3 Å². The van der Waals surface area contributed by atoms with Gasteiger partial charge in [-0.3, -0.25) is 4.68 Å². The van der Waals surface area contributed by atoms with Crippen molar-refractivity contribution < 1.29 is 8.42 Å². The molecule has 0 bridgehead atoms. The Balaban J connectivity index is 2.32. The van der Waals surface area contributed by atoms with Crippen molar-refractivity contribution in [3.63, 3.8) is 0 Å². The van der Waals surface area contributed by atoms with E-state index in [1.54, 1.807) is 6.20 Å². The Morgan fingerprint density at radius 3 is 2.68 bits per heavy atom. The predicted molar refractivity (Wildman–Crippen MR) is 74.9 cm³/mol. The van der Waals surface area contributed by atoms with Gasteiger partial charge in [-0.2, -0.15) is 5.10 Å². The maximum absolute atomic E-state index is 11.5. The van der Waals surface area contributed by atoms with Crippen molar-refractivity contribution in [3.8, 4) is 0 Å². The molecule has 1 aromatic heterocycles. The number of aromatic nitrogens is 2. The number of nitrogens with zero attached hydrogens (tertiary/aromatic N) is 2. The summed E-state index contributed by atoms with van der Waals surface area (Å²) in [7, 11) is -1.21. The minimum atomic E-state index is -3.18. The summed E-state index contributed by atoms with van der Waals surface area (Å²) in [6.07, 6.45) is 7.67. The second-order valence-electron chi connectivity index (χ2n) is 6.14. The van der Waals surface area contributed by atoms with Crippen molar-refractivity contribution in [3.05, 3.63) is 12.4 Å². The highest BCUT2D eigenvalue weighted by molar-refractivity contribution is 7.90. The smallest absolute Gasteiger partial charge is 0.178 e. The topological polar surface area (TPSA) is 64.0 Å². The highest BCUT2D eigenvalue weighted by atomic mass is 32.2. The van der Waals surface area contributed by atoms with Gasteiger partial charge in [-0.1, -0.05) is 20.3 Å². The fraction of sp³-hybridized carbons (Fsp3) is 0.769. The van der Waals surface area contributed by atoms with Gasteiger partial charge in [0.1, 0.15) is 4.90 Å². The first-order valence-corrected chi connectivity index (χ1v) is 8.56. The molecule has 0 amide bonds. The molecule has 2 unspecified atom stereocenters. The fourth-order valence-corrected chi connectivity index (χ4v) is 3.71. The molecule has 1 fully saturated rings. The lowest BCUT2D eigenvalue weighted by atomic mass is 9.71. The number of sulfone groups is 1. The minimum absolute atomic E-state index is 0.189. The van der Waals surface area contributed by atoms with Gasteiger partial charge >= 0.3 is 0 Å². The lowest BCUT2D eigenvalue weighted by molar-refractivity contribution is 0.112. The summed E-state index contributed by atoms with van der Waals surface area (Å²) in [5.41, 5.74) is 0.189. The monoisotopic (exact) mass is 285 g/mol. The average molecular weight is 285 g/mol. The van der Waals surface area contributed by atoms with E-state index in [0.717, 1.165) is 12.8 Å². The Morgan fingerprint density at radius 1 is 1.47 bits per heavy atom. The molecular formula is C13H23N3O2S. The zero-order valence-electron chi connectivity index (χ0n) is 12.0. The lowest BCUT2D eigenvalue weighted by Crippen LogP contribution is -2.49. The van der Waals surface area contributed by atoms with E-state index < -0.39 is 9.84 Å². The second-order valence-corrected chi connectivity index (χ2v) is 8.16. The van der Waals surface area contributed by atoms with Crippen LogP contribution in [0.1, 0.15) is 39.2 Å². The largest absolute Gasteiger partial charge is 0.314 e. The van der Waals surface area contributed by atoms with E-state index in [1.807, 2.05) is 11.7 Å². The van der Waals surface area contributed by atoms with Crippen molar-refractivity contribution in [2.45, 2.75) is 50.1 Å². The van der Waals surface area contributed by atoms with Gasteiger partial charge in [0.05, 0.1) is 12.2 Å². The van der Waals surface area contributed by atoms with Crippen molar-refractivity contribution in [2.75, 3.05) is 13.3 Å². The number of nitrogens with one attached hydrogen (secondary N) is 1. The van der Waals surface area contributed by atoms with Crippen LogP contribution in [-0.2, 0) is 9.84 Å². The molecule has 0 aromatic carbocycles. The molecule has 2 rings (SSSR count). The van der Waals surface area contributed by atoms with Crippen LogP contribution in [0.2, 0.25) is 0 Å². The van der Waals surface area contributed by atoms with Gasteiger partial charge in [0.15, 0.2) is 9.84 Å². The highest BCUT2D eigenvalue weighted by Crippen LogP contribution is 2.41. The van der Waals surface area contributed by atoms with Crippen LogP contribution in [0.25, 0.3) is 0 Å². The van der Waals surface area contributed by atoms with E-state index in [1.165, 1.54) is 18.9 Å². The Kier molecular flexibility index (Phi) is 3.75. The third-order valence-electron chi connectivity index (χ3n) is 4.20. The summed E-state index contributed by atoms with van der Waals surface area (Å²) in [5, 5.41) is 7.65. The van der Waals surface area contributed by atoms with Gasteiger partial charge in [-0.25, -0.2) is 8.42 Å². The van der Waals surface area contributed by atoms with Crippen molar-refractivity contribution in [1.82, 2.24) is 15.1 Å². The van der Waals surface area contributed by atoms with Crippen LogP contribution in [0, 0.1) is 5.41 Å². The van der Waals surface area contributed by atoms with Gasteiger partial charge in [0.2, 0.25) is 0 Å². The Labute approximate surface area is 115 Å². The number of likely N-dealkylation sites (N-methyl/N-ethyl adjacent to an activating group) is 1. The minimum Gasteiger partial charge on any atom is -0.314 e. The van der Waals surface area contributed by atoms with Crippen LogP contribution in [-0.4, -0.2) is 37.5 Å². The number of hydrogen-bond acceptors (Lipinski definition) is 4. The first kappa shape index (κ1) is 14.5. The molecular weight excluding hydrogens is 262 g/mol. The Morgan fingerprint density at radius 2 is 2.16 bits per heavy atom.